The number of rotatable bonds is 4. The van der Waals surface area contributed by atoms with Gasteiger partial charge in [-0.3, -0.25) is 4.79 Å². The molecule has 0 radical (unpaired) electrons. The van der Waals surface area contributed by atoms with Crippen LogP contribution in [0.25, 0.3) is 0 Å². The molecule has 1 heterocycles. The lowest BCUT2D eigenvalue weighted by Gasteiger charge is -2.14. The van der Waals surface area contributed by atoms with E-state index in [9.17, 15) is 13.2 Å². The van der Waals surface area contributed by atoms with Crippen molar-refractivity contribution in [2.45, 2.75) is 23.8 Å². The Bertz CT molecular complexity index is 593. The van der Waals surface area contributed by atoms with Crippen molar-refractivity contribution in [1.82, 2.24) is 9.62 Å². The van der Waals surface area contributed by atoms with Gasteiger partial charge >= 0.3 is 0 Å². The molecule has 1 aromatic rings. The standard InChI is InChI=1S/C13H19N3O3S/c1-16(2)20(18,19)11-6-3-5-10(9-11)15-13(17)12-7-4-8-14-12/h3,5-6,9,12,14H,4,7-8H2,1-2H3,(H,15,17)/t12-/m0/s1. The van der Waals surface area contributed by atoms with Gasteiger partial charge in [0.05, 0.1) is 10.9 Å². The highest BCUT2D eigenvalue weighted by Gasteiger charge is 2.22. The predicted octanol–water partition coefficient (Wildman–Crippen LogP) is 0.627. The molecule has 0 saturated carbocycles. The van der Waals surface area contributed by atoms with Crippen LogP contribution < -0.4 is 10.6 Å². The molecule has 0 aliphatic carbocycles. The second kappa shape index (κ2) is 5.90. The minimum Gasteiger partial charge on any atom is -0.325 e. The Hall–Kier alpha value is -1.44. The molecule has 2 N–H and O–H groups in total. The summed E-state index contributed by atoms with van der Waals surface area (Å²) in [4.78, 5) is 12.1. The van der Waals surface area contributed by atoms with Crippen LogP contribution in [0.2, 0.25) is 0 Å². The number of anilines is 1. The van der Waals surface area contributed by atoms with Crippen LogP contribution >= 0.6 is 0 Å². The fourth-order valence-electron chi connectivity index (χ4n) is 2.08. The third kappa shape index (κ3) is 3.17. The van der Waals surface area contributed by atoms with Crippen LogP contribution in [0.15, 0.2) is 29.2 Å². The Labute approximate surface area is 119 Å². The Morgan fingerprint density at radius 1 is 1.40 bits per heavy atom. The monoisotopic (exact) mass is 297 g/mol. The van der Waals surface area contributed by atoms with Crippen molar-refractivity contribution in [2.24, 2.45) is 0 Å². The Morgan fingerprint density at radius 3 is 2.75 bits per heavy atom. The largest absolute Gasteiger partial charge is 0.325 e. The first-order valence-electron chi connectivity index (χ1n) is 6.48. The first-order valence-corrected chi connectivity index (χ1v) is 7.92. The summed E-state index contributed by atoms with van der Waals surface area (Å²) >= 11 is 0. The van der Waals surface area contributed by atoms with Crippen molar-refractivity contribution < 1.29 is 13.2 Å². The zero-order chi connectivity index (χ0) is 14.8. The van der Waals surface area contributed by atoms with Gasteiger partial charge in [0.2, 0.25) is 15.9 Å². The predicted molar refractivity (Wildman–Crippen MR) is 77.0 cm³/mol. The Kier molecular flexibility index (Phi) is 4.42. The molecule has 1 amide bonds. The minimum atomic E-state index is -3.49. The van der Waals surface area contributed by atoms with E-state index >= 15 is 0 Å². The van der Waals surface area contributed by atoms with Gasteiger partial charge in [0.15, 0.2) is 0 Å². The quantitative estimate of drug-likeness (QED) is 0.854. The van der Waals surface area contributed by atoms with Gasteiger partial charge in [0.25, 0.3) is 0 Å². The SMILES string of the molecule is CN(C)S(=O)(=O)c1cccc(NC(=O)[C@@H]2CCCN2)c1. The molecule has 1 aliphatic heterocycles. The van der Waals surface area contributed by atoms with Crippen LogP contribution in [0, 0.1) is 0 Å². The number of sulfonamides is 1. The molecule has 1 aliphatic rings. The molecule has 20 heavy (non-hydrogen) atoms. The summed E-state index contributed by atoms with van der Waals surface area (Å²) in [5, 5.41) is 5.85. The molecule has 0 spiro atoms. The number of nitrogens with one attached hydrogen (secondary N) is 2. The molecular weight excluding hydrogens is 278 g/mol. The molecule has 0 unspecified atom stereocenters. The van der Waals surface area contributed by atoms with Gasteiger partial charge in [0, 0.05) is 19.8 Å². The van der Waals surface area contributed by atoms with Crippen molar-refractivity contribution in [3.05, 3.63) is 24.3 Å². The highest BCUT2D eigenvalue weighted by atomic mass is 32.2. The summed E-state index contributed by atoms with van der Waals surface area (Å²) in [5.41, 5.74) is 0.492. The number of nitrogens with zero attached hydrogens (tertiary/aromatic N) is 1. The summed E-state index contributed by atoms with van der Waals surface area (Å²) < 4.78 is 25.2. The molecule has 6 nitrogen and oxygen atoms in total. The first kappa shape index (κ1) is 15.0. The number of hydrogen-bond acceptors (Lipinski definition) is 4. The molecule has 2 rings (SSSR count). The van der Waals surface area contributed by atoms with Crippen molar-refractivity contribution in [1.29, 1.82) is 0 Å². The Morgan fingerprint density at radius 2 is 2.15 bits per heavy atom. The normalized spacial score (nSPS) is 19.2. The highest BCUT2D eigenvalue weighted by Crippen LogP contribution is 2.18. The molecule has 110 valence electrons. The van der Waals surface area contributed by atoms with E-state index in [0.29, 0.717) is 5.69 Å². The second-order valence-electron chi connectivity index (χ2n) is 4.95. The second-order valence-corrected chi connectivity index (χ2v) is 7.11. The molecule has 7 heteroatoms. The van der Waals surface area contributed by atoms with Crippen LogP contribution in [-0.4, -0.2) is 45.3 Å². The number of carbonyl (C=O) groups excluding carboxylic acids is 1. The van der Waals surface area contributed by atoms with E-state index in [1.165, 1.54) is 26.2 Å². The highest BCUT2D eigenvalue weighted by molar-refractivity contribution is 7.89. The van der Waals surface area contributed by atoms with Crippen LogP contribution in [-0.2, 0) is 14.8 Å². The van der Waals surface area contributed by atoms with E-state index in [2.05, 4.69) is 10.6 Å². The van der Waals surface area contributed by atoms with Gasteiger partial charge in [-0.05, 0) is 37.6 Å². The summed E-state index contributed by atoms with van der Waals surface area (Å²) in [5.74, 6) is -0.123. The summed E-state index contributed by atoms with van der Waals surface area (Å²) in [6.07, 6.45) is 1.79. The first-order chi connectivity index (χ1) is 9.41. The molecular formula is C13H19N3O3S. The maximum absolute atomic E-state index is 12.0. The van der Waals surface area contributed by atoms with Gasteiger partial charge in [-0.15, -0.1) is 0 Å². The summed E-state index contributed by atoms with van der Waals surface area (Å²) in [6.45, 7) is 0.840. The fourth-order valence-corrected chi connectivity index (χ4v) is 3.03. The van der Waals surface area contributed by atoms with E-state index in [1.54, 1.807) is 12.1 Å². The van der Waals surface area contributed by atoms with Gasteiger partial charge < -0.3 is 10.6 Å². The lowest BCUT2D eigenvalue weighted by molar-refractivity contribution is -0.117. The van der Waals surface area contributed by atoms with E-state index in [-0.39, 0.29) is 16.8 Å². The van der Waals surface area contributed by atoms with Crippen molar-refractivity contribution in [3.8, 4) is 0 Å². The van der Waals surface area contributed by atoms with Crippen molar-refractivity contribution >= 4 is 21.6 Å². The van der Waals surface area contributed by atoms with Crippen molar-refractivity contribution in [3.63, 3.8) is 0 Å². The van der Waals surface area contributed by atoms with Gasteiger partial charge in [0.1, 0.15) is 0 Å². The maximum Gasteiger partial charge on any atom is 0.242 e. The van der Waals surface area contributed by atoms with Crippen LogP contribution in [0.4, 0.5) is 5.69 Å². The van der Waals surface area contributed by atoms with E-state index < -0.39 is 10.0 Å². The third-order valence-electron chi connectivity index (χ3n) is 3.26. The molecule has 1 atom stereocenters. The topological polar surface area (TPSA) is 78.5 Å². The summed E-state index contributed by atoms with van der Waals surface area (Å²) in [7, 11) is -0.537. The average Bonchev–Trinajstić information content (AvgIpc) is 2.92. The zero-order valence-electron chi connectivity index (χ0n) is 11.6. The summed E-state index contributed by atoms with van der Waals surface area (Å²) in [6, 6.07) is 6.10. The van der Waals surface area contributed by atoms with Gasteiger partial charge in [-0.25, -0.2) is 12.7 Å². The maximum atomic E-state index is 12.0. The zero-order valence-corrected chi connectivity index (χ0v) is 12.4. The fraction of sp³-hybridized carbons (Fsp3) is 0.462. The lowest BCUT2D eigenvalue weighted by Crippen LogP contribution is -2.35. The number of carbonyl (C=O) groups is 1. The Balaban J connectivity index is 2.16. The lowest BCUT2D eigenvalue weighted by atomic mass is 10.2. The number of benzene rings is 1. The number of amides is 1. The van der Waals surface area contributed by atoms with Gasteiger partial charge in [-0.1, -0.05) is 6.07 Å². The van der Waals surface area contributed by atoms with E-state index in [4.69, 9.17) is 0 Å². The minimum absolute atomic E-state index is 0.123. The molecule has 1 saturated heterocycles. The molecule has 1 aromatic carbocycles. The molecule has 1 fully saturated rings. The van der Waals surface area contributed by atoms with E-state index in [0.717, 1.165) is 23.7 Å². The molecule has 0 bridgehead atoms. The smallest absolute Gasteiger partial charge is 0.242 e. The average molecular weight is 297 g/mol. The van der Waals surface area contributed by atoms with Crippen LogP contribution in [0.3, 0.4) is 0 Å². The third-order valence-corrected chi connectivity index (χ3v) is 5.07. The van der Waals surface area contributed by atoms with Crippen LogP contribution in [0.5, 0.6) is 0 Å². The van der Waals surface area contributed by atoms with Crippen LogP contribution in [0.1, 0.15) is 12.8 Å². The van der Waals surface area contributed by atoms with Gasteiger partial charge in [-0.2, -0.15) is 0 Å². The molecule has 0 aromatic heterocycles. The number of hydrogen-bond donors (Lipinski definition) is 2. The van der Waals surface area contributed by atoms with Crippen molar-refractivity contribution in [2.75, 3.05) is 26.0 Å². The van der Waals surface area contributed by atoms with E-state index in [1.807, 2.05) is 0 Å².